The van der Waals surface area contributed by atoms with E-state index in [-0.39, 0.29) is 0 Å². The molecule has 2 aromatic heterocycles. The van der Waals surface area contributed by atoms with E-state index >= 15 is 0 Å². The zero-order valence-corrected chi connectivity index (χ0v) is 7.87. The minimum Gasteiger partial charge on any atom is -0.331 e. The Morgan fingerprint density at radius 1 is 1.38 bits per heavy atom. The van der Waals surface area contributed by atoms with Crippen molar-refractivity contribution in [3.05, 3.63) is 17.8 Å². The lowest BCUT2D eigenvalue weighted by Crippen LogP contribution is -1.92. The fourth-order valence-electron chi connectivity index (χ4n) is 1.32. The maximum atomic E-state index is 4.25. The molecular weight excluding hydrogens is 166 g/mol. The van der Waals surface area contributed by atoms with E-state index in [1.165, 1.54) is 0 Å². The van der Waals surface area contributed by atoms with Crippen molar-refractivity contribution >= 4 is 0 Å². The first-order valence-electron chi connectivity index (χ1n) is 4.06. The molecule has 2 aromatic rings. The van der Waals surface area contributed by atoms with E-state index in [1.807, 2.05) is 25.5 Å². The Morgan fingerprint density at radius 3 is 2.62 bits per heavy atom. The molecule has 68 valence electrons. The van der Waals surface area contributed by atoms with Crippen LogP contribution in [0.25, 0.3) is 11.5 Å². The SMILES string of the molecule is Cc1nc(-c2c(C)ncn2C)n[nH]1. The highest BCUT2D eigenvalue weighted by molar-refractivity contribution is 5.52. The molecule has 0 amide bonds. The molecule has 0 spiro atoms. The Labute approximate surface area is 75.8 Å². The Hall–Kier alpha value is -1.65. The summed E-state index contributed by atoms with van der Waals surface area (Å²) in [6, 6.07) is 0. The molecule has 0 aliphatic carbocycles. The van der Waals surface area contributed by atoms with Gasteiger partial charge >= 0.3 is 0 Å². The lowest BCUT2D eigenvalue weighted by atomic mass is 10.3. The second kappa shape index (κ2) is 2.69. The Kier molecular flexibility index (Phi) is 1.65. The first kappa shape index (κ1) is 7.97. The molecule has 0 aromatic carbocycles. The molecule has 5 nitrogen and oxygen atoms in total. The topological polar surface area (TPSA) is 59.4 Å². The summed E-state index contributed by atoms with van der Waals surface area (Å²) in [4.78, 5) is 8.42. The minimum atomic E-state index is 0.704. The molecule has 2 heterocycles. The summed E-state index contributed by atoms with van der Waals surface area (Å²) < 4.78 is 1.91. The predicted octanol–water partition coefficient (Wildman–Crippen LogP) is 0.822. The normalized spacial score (nSPS) is 10.7. The van der Waals surface area contributed by atoms with E-state index in [9.17, 15) is 0 Å². The number of aromatic amines is 1. The van der Waals surface area contributed by atoms with Gasteiger partial charge in [-0.2, -0.15) is 5.10 Å². The highest BCUT2D eigenvalue weighted by atomic mass is 15.2. The number of nitrogens with zero attached hydrogens (tertiary/aromatic N) is 4. The van der Waals surface area contributed by atoms with Crippen LogP contribution in [0.4, 0.5) is 0 Å². The molecule has 0 bridgehead atoms. The number of rotatable bonds is 1. The molecule has 0 saturated carbocycles. The molecule has 0 radical (unpaired) electrons. The average Bonchev–Trinajstić information content (AvgIpc) is 2.60. The third-order valence-electron chi connectivity index (χ3n) is 1.93. The van der Waals surface area contributed by atoms with Crippen LogP contribution >= 0.6 is 0 Å². The van der Waals surface area contributed by atoms with Crippen molar-refractivity contribution in [1.82, 2.24) is 24.7 Å². The highest BCUT2D eigenvalue weighted by Gasteiger charge is 2.11. The largest absolute Gasteiger partial charge is 0.331 e. The van der Waals surface area contributed by atoms with Gasteiger partial charge in [-0.05, 0) is 13.8 Å². The molecule has 0 unspecified atom stereocenters. The van der Waals surface area contributed by atoms with Gasteiger partial charge in [0.2, 0.25) is 0 Å². The van der Waals surface area contributed by atoms with Crippen LogP contribution in [0.2, 0.25) is 0 Å². The second-order valence-electron chi connectivity index (χ2n) is 3.03. The number of hydrogen-bond donors (Lipinski definition) is 1. The fourth-order valence-corrected chi connectivity index (χ4v) is 1.32. The lowest BCUT2D eigenvalue weighted by Gasteiger charge is -1.96. The summed E-state index contributed by atoms with van der Waals surface area (Å²) in [5.74, 6) is 1.52. The quantitative estimate of drug-likeness (QED) is 0.701. The number of H-pyrrole nitrogens is 1. The summed E-state index contributed by atoms with van der Waals surface area (Å²) in [7, 11) is 1.93. The van der Waals surface area contributed by atoms with Gasteiger partial charge in [0.15, 0.2) is 5.82 Å². The standard InChI is InChI=1S/C8H11N5/c1-5-7(13(3)4-9-5)8-10-6(2)11-12-8/h4H,1-3H3,(H,10,11,12). The number of hydrogen-bond acceptors (Lipinski definition) is 3. The summed E-state index contributed by atoms with van der Waals surface area (Å²) in [5, 5.41) is 6.89. The van der Waals surface area contributed by atoms with Gasteiger partial charge in [0.1, 0.15) is 11.5 Å². The molecule has 13 heavy (non-hydrogen) atoms. The van der Waals surface area contributed by atoms with E-state index in [4.69, 9.17) is 0 Å². The van der Waals surface area contributed by atoms with E-state index in [0.29, 0.717) is 5.82 Å². The van der Waals surface area contributed by atoms with Crippen LogP contribution in [0.5, 0.6) is 0 Å². The minimum absolute atomic E-state index is 0.704. The molecule has 0 saturated heterocycles. The van der Waals surface area contributed by atoms with Crippen molar-refractivity contribution in [2.24, 2.45) is 7.05 Å². The van der Waals surface area contributed by atoms with Gasteiger partial charge in [-0.3, -0.25) is 5.10 Å². The van der Waals surface area contributed by atoms with Crippen molar-refractivity contribution in [1.29, 1.82) is 0 Å². The lowest BCUT2D eigenvalue weighted by molar-refractivity contribution is 0.908. The molecule has 0 aliphatic heterocycles. The van der Waals surface area contributed by atoms with Crippen LogP contribution in [-0.2, 0) is 7.05 Å². The van der Waals surface area contributed by atoms with E-state index in [0.717, 1.165) is 17.2 Å². The van der Waals surface area contributed by atoms with Crippen LogP contribution < -0.4 is 0 Å². The van der Waals surface area contributed by atoms with E-state index < -0.39 is 0 Å². The number of aromatic nitrogens is 5. The number of aryl methyl sites for hydroxylation is 3. The molecule has 0 fully saturated rings. The Morgan fingerprint density at radius 2 is 2.15 bits per heavy atom. The second-order valence-corrected chi connectivity index (χ2v) is 3.03. The molecule has 5 heteroatoms. The van der Waals surface area contributed by atoms with Gasteiger partial charge in [-0.1, -0.05) is 0 Å². The van der Waals surface area contributed by atoms with Crippen LogP contribution in [0.1, 0.15) is 11.5 Å². The van der Waals surface area contributed by atoms with Crippen molar-refractivity contribution < 1.29 is 0 Å². The van der Waals surface area contributed by atoms with Gasteiger partial charge in [0.25, 0.3) is 0 Å². The Bertz CT molecular complexity index is 406. The first-order valence-corrected chi connectivity index (χ1v) is 4.06. The third kappa shape index (κ3) is 1.22. The van der Waals surface area contributed by atoms with Gasteiger partial charge in [-0.25, -0.2) is 9.97 Å². The molecule has 2 rings (SSSR count). The summed E-state index contributed by atoms with van der Waals surface area (Å²) in [6.45, 7) is 3.82. The van der Waals surface area contributed by atoms with Crippen molar-refractivity contribution in [2.75, 3.05) is 0 Å². The first-order chi connectivity index (χ1) is 6.18. The highest BCUT2D eigenvalue weighted by Crippen LogP contribution is 2.16. The fraction of sp³-hybridized carbons (Fsp3) is 0.375. The van der Waals surface area contributed by atoms with E-state index in [2.05, 4.69) is 20.2 Å². The van der Waals surface area contributed by atoms with Crippen LogP contribution in [-0.4, -0.2) is 24.7 Å². The van der Waals surface area contributed by atoms with Gasteiger partial charge in [0.05, 0.1) is 12.0 Å². The molecule has 0 aliphatic rings. The van der Waals surface area contributed by atoms with Gasteiger partial charge in [0, 0.05) is 7.05 Å². The van der Waals surface area contributed by atoms with Gasteiger partial charge in [-0.15, -0.1) is 0 Å². The van der Waals surface area contributed by atoms with Crippen molar-refractivity contribution in [3.63, 3.8) is 0 Å². The predicted molar refractivity (Wildman–Crippen MR) is 48.1 cm³/mol. The zero-order valence-electron chi connectivity index (χ0n) is 7.87. The number of imidazole rings is 1. The maximum Gasteiger partial charge on any atom is 0.199 e. The molecule has 0 atom stereocenters. The average molecular weight is 177 g/mol. The third-order valence-corrected chi connectivity index (χ3v) is 1.93. The van der Waals surface area contributed by atoms with Crippen LogP contribution in [0.3, 0.4) is 0 Å². The van der Waals surface area contributed by atoms with Crippen LogP contribution in [0.15, 0.2) is 6.33 Å². The van der Waals surface area contributed by atoms with E-state index in [1.54, 1.807) is 6.33 Å². The zero-order chi connectivity index (χ0) is 9.42. The van der Waals surface area contributed by atoms with Crippen molar-refractivity contribution in [3.8, 4) is 11.5 Å². The summed E-state index contributed by atoms with van der Waals surface area (Å²) in [5.41, 5.74) is 1.91. The summed E-state index contributed by atoms with van der Waals surface area (Å²) in [6.07, 6.45) is 1.76. The monoisotopic (exact) mass is 177 g/mol. The molecule has 1 N–H and O–H groups in total. The van der Waals surface area contributed by atoms with Crippen molar-refractivity contribution in [2.45, 2.75) is 13.8 Å². The number of nitrogens with one attached hydrogen (secondary N) is 1. The Balaban J connectivity index is 2.57. The smallest absolute Gasteiger partial charge is 0.199 e. The summed E-state index contributed by atoms with van der Waals surface area (Å²) >= 11 is 0. The van der Waals surface area contributed by atoms with Crippen LogP contribution in [0, 0.1) is 13.8 Å². The van der Waals surface area contributed by atoms with Gasteiger partial charge < -0.3 is 4.57 Å². The maximum absolute atomic E-state index is 4.25. The molecular formula is C8H11N5.